The van der Waals surface area contributed by atoms with Crippen molar-refractivity contribution in [1.29, 1.82) is 0 Å². The summed E-state index contributed by atoms with van der Waals surface area (Å²) >= 11 is 0. The van der Waals surface area contributed by atoms with E-state index in [4.69, 9.17) is 10.7 Å². The van der Waals surface area contributed by atoms with Crippen molar-refractivity contribution in [1.82, 2.24) is 10.0 Å². The third kappa shape index (κ3) is 2.07. The lowest BCUT2D eigenvalue weighted by atomic mass is 10.0. The van der Waals surface area contributed by atoms with E-state index in [9.17, 15) is 4.39 Å². The summed E-state index contributed by atoms with van der Waals surface area (Å²) < 4.78 is 13.3. The van der Waals surface area contributed by atoms with Gasteiger partial charge in [0, 0.05) is 5.56 Å². The van der Waals surface area contributed by atoms with Gasteiger partial charge < -0.3 is 5.73 Å². The number of likely N-dealkylation sites (N-methyl/N-ethyl adjacent to an activating group) is 2. The molecule has 0 bridgehead atoms. The largest absolute Gasteiger partial charge is 0.396 e. The van der Waals surface area contributed by atoms with Gasteiger partial charge in [0.2, 0.25) is 6.17 Å². The average molecular weight is 288 g/mol. The van der Waals surface area contributed by atoms with Crippen LogP contribution in [0.2, 0.25) is 0 Å². The summed E-state index contributed by atoms with van der Waals surface area (Å²) in [5.41, 5.74) is 7.40. The maximum absolute atomic E-state index is 13.3. The number of nitrogens with two attached hydrogens (primary N) is 1. The van der Waals surface area contributed by atoms with Gasteiger partial charge in [0.25, 0.3) is 0 Å². The lowest BCUT2D eigenvalue weighted by molar-refractivity contribution is -0.782. The molecule has 1 fully saturated rings. The Morgan fingerprint density at radius 2 is 2.24 bits per heavy atom. The number of hydrazine groups is 2. The topological polar surface area (TPSA) is 47.9 Å². The first-order valence-electron chi connectivity index (χ1n) is 6.94. The van der Waals surface area contributed by atoms with Gasteiger partial charge in [-0.1, -0.05) is 6.08 Å². The molecule has 2 atom stereocenters. The van der Waals surface area contributed by atoms with Crippen molar-refractivity contribution < 1.29 is 9.18 Å². The van der Waals surface area contributed by atoms with Crippen molar-refractivity contribution in [2.24, 2.45) is 4.99 Å². The molecule has 2 aliphatic rings. The Balaban J connectivity index is 1.96. The van der Waals surface area contributed by atoms with Gasteiger partial charge in [-0.3, -0.25) is 4.99 Å². The molecule has 2 unspecified atom stereocenters. The summed E-state index contributed by atoms with van der Waals surface area (Å²) in [5.74, 6) is -0.406. The van der Waals surface area contributed by atoms with Crippen molar-refractivity contribution in [2.45, 2.75) is 19.1 Å². The summed E-state index contributed by atoms with van der Waals surface area (Å²) in [6.07, 6.45) is 4.04. The molecule has 5 nitrogen and oxygen atoms in total. The van der Waals surface area contributed by atoms with Crippen molar-refractivity contribution >= 4 is 18.1 Å². The smallest absolute Gasteiger partial charge is 0.205 e. The Labute approximate surface area is 123 Å². The quantitative estimate of drug-likeness (QED) is 0.658. The van der Waals surface area contributed by atoms with Gasteiger partial charge in [0.05, 0.1) is 25.0 Å². The molecule has 0 aliphatic carbocycles. The van der Waals surface area contributed by atoms with Gasteiger partial charge in [-0.15, -0.1) is 10.0 Å². The first kappa shape index (κ1) is 13.6. The molecule has 2 aliphatic heterocycles. The van der Waals surface area contributed by atoms with Crippen LogP contribution in [0, 0.1) is 5.82 Å². The molecule has 3 rings (SSSR count). The number of hydrazone groups is 2. The number of nitrogens with zero attached hydrogens (tertiary/aromatic N) is 4. The average Bonchev–Trinajstić information content (AvgIpc) is 2.73. The highest BCUT2D eigenvalue weighted by Gasteiger charge is 2.46. The Hall–Kier alpha value is -2.37. The number of fused-ring (bicyclic) bond motifs is 1. The highest BCUT2D eigenvalue weighted by Crippen LogP contribution is 2.26. The monoisotopic (exact) mass is 288 g/mol. The van der Waals surface area contributed by atoms with E-state index < -0.39 is 5.82 Å². The number of anilines is 1. The molecular weight excluding hydrogens is 269 g/mol. The summed E-state index contributed by atoms with van der Waals surface area (Å²) in [6.45, 7) is 6.97. The molecule has 0 spiro atoms. The molecule has 1 aromatic rings. The fourth-order valence-electron chi connectivity index (χ4n) is 2.83. The molecule has 0 aromatic heterocycles. The second-order valence-corrected chi connectivity index (χ2v) is 5.22. The Morgan fingerprint density at radius 3 is 2.90 bits per heavy atom. The van der Waals surface area contributed by atoms with Gasteiger partial charge in [-0.25, -0.2) is 4.39 Å². The van der Waals surface area contributed by atoms with E-state index in [0.29, 0.717) is 0 Å². The van der Waals surface area contributed by atoms with Crippen LogP contribution in [0.1, 0.15) is 12.5 Å². The molecule has 0 amide bonds. The van der Waals surface area contributed by atoms with E-state index in [1.165, 1.54) is 6.07 Å². The zero-order valence-corrected chi connectivity index (χ0v) is 12.2. The molecule has 21 heavy (non-hydrogen) atoms. The first-order valence-corrected chi connectivity index (χ1v) is 6.94. The number of aliphatic imine (C=N–C) groups is 1. The Kier molecular flexibility index (Phi) is 3.16. The number of benzene rings is 1. The van der Waals surface area contributed by atoms with Crippen molar-refractivity contribution in [3.63, 3.8) is 0 Å². The van der Waals surface area contributed by atoms with Crippen LogP contribution in [0.25, 0.3) is 0 Å². The molecule has 1 saturated heterocycles. The number of halogens is 1. The van der Waals surface area contributed by atoms with Gasteiger partial charge >= 0.3 is 0 Å². The number of rotatable bonds is 2. The first-order chi connectivity index (χ1) is 10.0. The van der Waals surface area contributed by atoms with E-state index in [1.54, 1.807) is 12.1 Å². The minimum Gasteiger partial charge on any atom is -0.396 e. The molecule has 2 heterocycles. The maximum atomic E-state index is 13.3. The van der Waals surface area contributed by atoms with Crippen molar-refractivity contribution in [2.75, 3.05) is 19.3 Å². The number of allylic oxidation sites excluding steroid dienone is 1. The van der Waals surface area contributed by atoms with E-state index >= 15 is 0 Å². The van der Waals surface area contributed by atoms with Crippen LogP contribution < -0.4 is 5.73 Å². The van der Waals surface area contributed by atoms with Crippen LogP contribution in [0.5, 0.6) is 0 Å². The second kappa shape index (κ2) is 4.87. The van der Waals surface area contributed by atoms with Crippen molar-refractivity contribution in [3.8, 4) is 0 Å². The van der Waals surface area contributed by atoms with E-state index in [1.807, 2.05) is 22.9 Å². The lowest BCUT2D eigenvalue weighted by Crippen LogP contribution is -2.37. The summed E-state index contributed by atoms with van der Waals surface area (Å²) in [7, 11) is 1.96. The molecule has 1 aromatic carbocycles. The molecule has 0 saturated carbocycles. The summed E-state index contributed by atoms with van der Waals surface area (Å²) in [4.78, 5) is 6.61. The van der Waals surface area contributed by atoms with Crippen LogP contribution in [0.4, 0.5) is 10.1 Å². The van der Waals surface area contributed by atoms with E-state index in [-0.39, 0.29) is 17.9 Å². The zero-order valence-electron chi connectivity index (χ0n) is 12.2. The molecule has 0 radical (unpaired) electrons. The van der Waals surface area contributed by atoms with Gasteiger partial charge in [0.1, 0.15) is 5.82 Å². The molecular formula is C15H19FN5+. The second-order valence-electron chi connectivity index (χ2n) is 5.22. The predicted octanol–water partition coefficient (Wildman–Crippen LogP) is 1.27. The fraction of sp³-hybridized carbons (Fsp3) is 0.333. The van der Waals surface area contributed by atoms with Crippen LogP contribution in [0.15, 0.2) is 35.3 Å². The maximum Gasteiger partial charge on any atom is 0.205 e. The minimum absolute atomic E-state index is 0.0336. The Bertz CT molecular complexity index is 651. The fourth-order valence-corrected chi connectivity index (χ4v) is 2.83. The molecule has 6 heteroatoms. The third-order valence-electron chi connectivity index (χ3n) is 4.03. The number of nitrogen functional groups attached to an aromatic ring is 1. The van der Waals surface area contributed by atoms with Crippen LogP contribution in [-0.2, 0) is 0 Å². The van der Waals surface area contributed by atoms with Crippen LogP contribution in [-0.4, -0.2) is 53.0 Å². The zero-order chi connectivity index (χ0) is 15.1. The summed E-state index contributed by atoms with van der Waals surface area (Å²) in [6, 6.07) is 4.85. The molecule has 110 valence electrons. The standard InChI is InChI=1S/C15H19FN5/c1-4-21-14-8-7-13(18-15(14)19(2)20(21)3)10-5-6-11(16)12(17)9-10/h5-9,14-15H,3-4,17H2,1-2H3/q+1. The molecule has 2 N–H and O–H groups in total. The lowest BCUT2D eigenvalue weighted by Gasteiger charge is -2.19. The predicted molar refractivity (Wildman–Crippen MR) is 81.6 cm³/mol. The number of hydrogen-bond donors (Lipinski definition) is 1. The Morgan fingerprint density at radius 1 is 1.48 bits per heavy atom. The SMILES string of the molecule is C=[N+]1N(C)C2N=C(c3ccc(F)c(N)c3)C=CC2N1CC. The highest BCUT2D eigenvalue weighted by molar-refractivity contribution is 6.09. The van der Waals surface area contributed by atoms with E-state index in [0.717, 1.165) is 17.8 Å². The van der Waals surface area contributed by atoms with Gasteiger partial charge in [0.15, 0.2) is 12.8 Å². The third-order valence-corrected chi connectivity index (χ3v) is 4.03. The van der Waals surface area contributed by atoms with Gasteiger partial charge in [-0.05, 0) is 36.0 Å². The number of hydrogen-bond acceptors (Lipinski definition) is 4. The number of dihydropyridines is 1. The minimum atomic E-state index is -0.406. The summed E-state index contributed by atoms with van der Waals surface area (Å²) in [5, 5.41) is 4.13. The van der Waals surface area contributed by atoms with Gasteiger partial charge in [-0.2, -0.15) is 0 Å². The highest BCUT2D eigenvalue weighted by atomic mass is 19.1. The normalized spacial score (nSPS) is 24.3. The van der Waals surface area contributed by atoms with Crippen LogP contribution in [0.3, 0.4) is 0 Å². The van der Waals surface area contributed by atoms with Crippen LogP contribution >= 0.6 is 0 Å². The van der Waals surface area contributed by atoms with Crippen molar-refractivity contribution in [3.05, 3.63) is 41.7 Å². The van der Waals surface area contributed by atoms with E-state index in [2.05, 4.69) is 24.7 Å².